The van der Waals surface area contributed by atoms with E-state index in [0.717, 1.165) is 4.88 Å². The molecule has 3 rings (SSSR count). The number of hydrogen-bond acceptors (Lipinski definition) is 6. The standard InChI is InChI=1S/C17H17ClN4O2S3/c1-17(2)14(21(16(25)27-17)19-10-13-4-3-9-26-13)22(24)15(23)20-12-7-5-11(18)6-8-12/h3-10,14,24H,1-2H3,(H,20,23). The number of carbonyl (C=O) groups is 1. The molecule has 1 aromatic heterocycles. The molecule has 27 heavy (non-hydrogen) atoms. The van der Waals surface area contributed by atoms with Gasteiger partial charge in [-0.2, -0.15) is 10.2 Å². The molecule has 2 N–H and O–H groups in total. The van der Waals surface area contributed by atoms with Crippen molar-refractivity contribution in [2.45, 2.75) is 24.8 Å². The molecule has 1 aromatic carbocycles. The molecule has 0 aliphatic carbocycles. The van der Waals surface area contributed by atoms with E-state index in [4.69, 9.17) is 23.8 Å². The highest BCUT2D eigenvalue weighted by atomic mass is 35.5. The average Bonchev–Trinajstić information content (AvgIpc) is 3.19. The number of anilines is 1. The van der Waals surface area contributed by atoms with Gasteiger partial charge in [-0.05, 0) is 49.6 Å². The van der Waals surface area contributed by atoms with Gasteiger partial charge in [0.25, 0.3) is 0 Å². The Kier molecular flexibility index (Phi) is 6.07. The minimum Gasteiger partial charge on any atom is -0.306 e. The first kappa shape index (κ1) is 20.1. The third-order valence-electron chi connectivity index (χ3n) is 3.78. The zero-order valence-electron chi connectivity index (χ0n) is 14.5. The fraction of sp³-hybridized carbons (Fsp3) is 0.235. The number of thiophene rings is 1. The number of rotatable bonds is 4. The molecule has 0 bridgehead atoms. The smallest absolute Gasteiger partial charge is 0.306 e. The van der Waals surface area contributed by atoms with Crippen molar-refractivity contribution in [3.05, 3.63) is 51.7 Å². The van der Waals surface area contributed by atoms with Crippen molar-refractivity contribution >= 4 is 69.2 Å². The van der Waals surface area contributed by atoms with Gasteiger partial charge in [-0.15, -0.1) is 11.3 Å². The number of hydrazone groups is 1. The van der Waals surface area contributed by atoms with Crippen molar-refractivity contribution in [2.24, 2.45) is 5.10 Å². The van der Waals surface area contributed by atoms with Crippen molar-refractivity contribution in [3.63, 3.8) is 0 Å². The number of amides is 2. The van der Waals surface area contributed by atoms with E-state index in [1.54, 1.807) is 30.5 Å². The Morgan fingerprint density at radius 2 is 2.11 bits per heavy atom. The van der Waals surface area contributed by atoms with E-state index in [2.05, 4.69) is 10.4 Å². The lowest BCUT2D eigenvalue weighted by molar-refractivity contribution is -0.114. The molecule has 142 valence electrons. The van der Waals surface area contributed by atoms with E-state index in [1.807, 2.05) is 31.4 Å². The molecule has 1 atom stereocenters. The first-order valence-electron chi connectivity index (χ1n) is 7.92. The maximum atomic E-state index is 12.6. The summed E-state index contributed by atoms with van der Waals surface area (Å²) in [6.45, 7) is 3.79. The number of nitrogens with one attached hydrogen (secondary N) is 1. The molecule has 10 heteroatoms. The average molecular weight is 441 g/mol. The summed E-state index contributed by atoms with van der Waals surface area (Å²) < 4.78 is -0.0770. The van der Waals surface area contributed by atoms with Crippen LogP contribution in [0, 0.1) is 0 Å². The van der Waals surface area contributed by atoms with Gasteiger partial charge < -0.3 is 5.32 Å². The summed E-state index contributed by atoms with van der Waals surface area (Å²) in [4.78, 5) is 13.5. The van der Waals surface area contributed by atoms with Gasteiger partial charge in [0.15, 0.2) is 10.5 Å². The number of thiocarbonyl (C=S) groups is 1. The molecular weight excluding hydrogens is 424 g/mol. The number of urea groups is 1. The van der Waals surface area contributed by atoms with E-state index in [1.165, 1.54) is 28.1 Å². The molecule has 0 radical (unpaired) electrons. The van der Waals surface area contributed by atoms with Crippen molar-refractivity contribution in [2.75, 3.05) is 5.32 Å². The lowest BCUT2D eigenvalue weighted by Gasteiger charge is -2.34. The fourth-order valence-electron chi connectivity index (χ4n) is 2.54. The maximum Gasteiger partial charge on any atom is 0.347 e. The molecule has 1 saturated heterocycles. The molecule has 1 aliphatic heterocycles. The Morgan fingerprint density at radius 3 is 2.74 bits per heavy atom. The number of halogens is 1. The minimum atomic E-state index is -0.765. The summed E-state index contributed by atoms with van der Waals surface area (Å²) in [5.41, 5.74) is 0.517. The van der Waals surface area contributed by atoms with Crippen LogP contribution in [0.3, 0.4) is 0 Å². The highest BCUT2D eigenvalue weighted by Crippen LogP contribution is 2.42. The summed E-state index contributed by atoms with van der Waals surface area (Å²) >= 11 is 14.2. The van der Waals surface area contributed by atoms with Crippen LogP contribution < -0.4 is 5.32 Å². The summed E-state index contributed by atoms with van der Waals surface area (Å²) in [5.74, 6) is 0. The van der Waals surface area contributed by atoms with Crippen LogP contribution in [-0.4, -0.2) is 42.8 Å². The second kappa shape index (κ2) is 8.15. The quantitative estimate of drug-likeness (QED) is 0.299. The van der Waals surface area contributed by atoms with Gasteiger partial charge in [-0.3, -0.25) is 5.21 Å². The first-order valence-corrected chi connectivity index (χ1v) is 10.4. The van der Waals surface area contributed by atoms with Crippen LogP contribution in [-0.2, 0) is 0 Å². The highest BCUT2D eigenvalue weighted by Gasteiger charge is 2.50. The van der Waals surface area contributed by atoms with E-state index < -0.39 is 16.9 Å². The maximum absolute atomic E-state index is 12.6. The predicted molar refractivity (Wildman–Crippen MR) is 116 cm³/mol. The zero-order chi connectivity index (χ0) is 19.6. The van der Waals surface area contributed by atoms with Crippen molar-refractivity contribution in [1.82, 2.24) is 10.1 Å². The monoisotopic (exact) mass is 440 g/mol. The van der Waals surface area contributed by atoms with Gasteiger partial charge in [0.2, 0.25) is 0 Å². The Hall–Kier alpha value is -1.65. The predicted octanol–water partition coefficient (Wildman–Crippen LogP) is 5.10. The largest absolute Gasteiger partial charge is 0.347 e. The van der Waals surface area contributed by atoms with E-state index >= 15 is 0 Å². The van der Waals surface area contributed by atoms with Crippen LogP contribution in [0.1, 0.15) is 18.7 Å². The topological polar surface area (TPSA) is 68.2 Å². The highest BCUT2D eigenvalue weighted by molar-refractivity contribution is 8.24. The Morgan fingerprint density at radius 1 is 1.41 bits per heavy atom. The summed E-state index contributed by atoms with van der Waals surface area (Å²) in [5, 5.41) is 22.3. The third kappa shape index (κ3) is 4.61. The molecule has 1 fully saturated rings. The Bertz CT molecular complexity index is 856. The second-order valence-corrected chi connectivity index (χ2v) is 9.94. The van der Waals surface area contributed by atoms with Crippen LogP contribution in [0.4, 0.5) is 10.5 Å². The van der Waals surface area contributed by atoms with Gasteiger partial charge in [-0.1, -0.05) is 41.6 Å². The van der Waals surface area contributed by atoms with E-state index in [0.29, 0.717) is 20.1 Å². The number of thioether (sulfide) groups is 1. The third-order valence-corrected chi connectivity index (χ3v) is 6.37. The second-order valence-electron chi connectivity index (χ2n) is 6.23. The van der Waals surface area contributed by atoms with Crippen LogP contribution in [0.2, 0.25) is 5.02 Å². The molecular formula is C17H17ClN4O2S3. The molecule has 1 unspecified atom stereocenters. The summed E-state index contributed by atoms with van der Waals surface area (Å²) in [6, 6.07) is 9.77. The number of hydroxylamine groups is 2. The molecule has 0 saturated carbocycles. The Labute approximate surface area is 175 Å². The fourth-order valence-corrected chi connectivity index (χ4v) is 5.03. The van der Waals surface area contributed by atoms with Gasteiger partial charge in [0, 0.05) is 15.6 Å². The van der Waals surface area contributed by atoms with Crippen LogP contribution in [0.25, 0.3) is 0 Å². The van der Waals surface area contributed by atoms with Gasteiger partial charge in [0.05, 0.1) is 11.0 Å². The van der Waals surface area contributed by atoms with Crippen LogP contribution >= 0.6 is 46.9 Å². The van der Waals surface area contributed by atoms with Crippen molar-refractivity contribution in [1.29, 1.82) is 0 Å². The minimum absolute atomic E-state index is 0.483. The normalized spacial score (nSPS) is 18.9. The first-order chi connectivity index (χ1) is 12.8. The molecule has 0 spiro atoms. The number of hydrogen-bond donors (Lipinski definition) is 2. The zero-order valence-corrected chi connectivity index (χ0v) is 17.7. The Balaban J connectivity index is 1.80. The van der Waals surface area contributed by atoms with E-state index in [9.17, 15) is 10.0 Å². The van der Waals surface area contributed by atoms with Crippen LogP contribution in [0.15, 0.2) is 46.9 Å². The van der Waals surface area contributed by atoms with Gasteiger partial charge >= 0.3 is 6.03 Å². The lowest BCUT2D eigenvalue weighted by atomic mass is 10.1. The summed E-state index contributed by atoms with van der Waals surface area (Å²) in [7, 11) is 0. The molecule has 2 aromatic rings. The SMILES string of the molecule is CC1(C)SC(=S)N(N=Cc2cccs2)C1N(O)C(=O)Nc1ccc(Cl)cc1. The molecule has 2 amide bonds. The van der Waals surface area contributed by atoms with Gasteiger partial charge in [-0.25, -0.2) is 9.80 Å². The lowest BCUT2D eigenvalue weighted by Crippen LogP contribution is -2.54. The molecule has 6 nitrogen and oxygen atoms in total. The van der Waals surface area contributed by atoms with Crippen molar-refractivity contribution < 1.29 is 10.0 Å². The van der Waals surface area contributed by atoms with E-state index in [-0.39, 0.29) is 0 Å². The van der Waals surface area contributed by atoms with Crippen LogP contribution in [0.5, 0.6) is 0 Å². The number of benzene rings is 1. The molecule has 2 heterocycles. The summed E-state index contributed by atoms with van der Waals surface area (Å²) in [6.07, 6.45) is 0.898. The van der Waals surface area contributed by atoms with Crippen molar-refractivity contribution in [3.8, 4) is 0 Å². The number of carbonyl (C=O) groups excluding carboxylic acids is 1. The molecule has 1 aliphatic rings. The number of nitrogens with zero attached hydrogens (tertiary/aromatic N) is 3. The van der Waals surface area contributed by atoms with Gasteiger partial charge in [0.1, 0.15) is 0 Å².